The van der Waals surface area contributed by atoms with Gasteiger partial charge >= 0.3 is 0 Å². The van der Waals surface area contributed by atoms with Gasteiger partial charge in [-0.1, -0.05) is 153 Å². The summed E-state index contributed by atoms with van der Waals surface area (Å²) in [5.41, 5.74) is 15.9. The number of para-hydroxylation sites is 2. The lowest BCUT2D eigenvalue weighted by Crippen LogP contribution is -2.25. The number of benzene rings is 8. The zero-order valence-electron chi connectivity index (χ0n) is 28.3. The first-order valence-corrected chi connectivity index (χ1v) is 17.4. The fourth-order valence-electron chi connectivity index (χ4n) is 8.12. The van der Waals surface area contributed by atoms with E-state index in [1.807, 2.05) is 0 Å². The van der Waals surface area contributed by atoms with E-state index in [-0.39, 0.29) is 5.41 Å². The van der Waals surface area contributed by atoms with Gasteiger partial charge in [0.15, 0.2) is 0 Å². The maximum atomic E-state index is 2.42. The normalized spacial score (nSPS) is 12.8. The van der Waals surface area contributed by atoms with Gasteiger partial charge in [0.2, 0.25) is 0 Å². The van der Waals surface area contributed by atoms with Crippen molar-refractivity contribution in [2.45, 2.75) is 19.3 Å². The third kappa shape index (κ3) is 4.94. The average molecular weight is 640 g/mol. The van der Waals surface area contributed by atoms with E-state index in [4.69, 9.17) is 0 Å². The Morgan fingerprint density at radius 3 is 1.48 bits per heavy atom. The molecule has 0 amide bonds. The molecule has 0 aromatic heterocycles. The highest BCUT2D eigenvalue weighted by Gasteiger charge is 2.37. The molecule has 0 spiro atoms. The summed E-state index contributed by atoms with van der Waals surface area (Å²) in [6.07, 6.45) is 0. The fraction of sp³-hybridized carbons (Fsp3) is 0.0612. The fourth-order valence-corrected chi connectivity index (χ4v) is 8.12. The molecule has 0 aliphatic heterocycles. The molecular formula is C49H37N. The highest BCUT2D eigenvalue weighted by Crippen LogP contribution is 2.56. The Labute approximate surface area is 294 Å². The van der Waals surface area contributed by atoms with Crippen molar-refractivity contribution in [2.75, 3.05) is 4.90 Å². The number of hydrogen-bond donors (Lipinski definition) is 0. The van der Waals surface area contributed by atoms with Crippen LogP contribution in [0.1, 0.15) is 25.0 Å². The summed E-state index contributed by atoms with van der Waals surface area (Å²) in [7, 11) is 0. The Hall–Kier alpha value is -6.18. The third-order valence-corrected chi connectivity index (χ3v) is 10.4. The summed E-state index contributed by atoms with van der Waals surface area (Å²) in [6.45, 7) is 4.82. The molecule has 1 aliphatic rings. The molecule has 238 valence electrons. The minimum atomic E-state index is -0.253. The zero-order chi connectivity index (χ0) is 33.7. The van der Waals surface area contributed by atoms with Crippen molar-refractivity contribution in [1.29, 1.82) is 0 Å². The second-order valence-electron chi connectivity index (χ2n) is 13.8. The van der Waals surface area contributed by atoms with E-state index in [1.54, 1.807) is 0 Å². The van der Waals surface area contributed by atoms with Gasteiger partial charge in [0.1, 0.15) is 0 Å². The maximum absolute atomic E-state index is 2.42. The standard InChI is InChI=1S/C49H37N/c1-49(2)44-28-15-21-36-29-30-45(50(40-22-11-5-12-23-40)41-24-13-6-14-25-41)47(46(36)44)43-27-16-26-42(48(43)49)39-32-37(34-17-7-3-8-18-34)31-38(33-39)35-19-9-4-10-20-35/h3-33H,1-2H3. The van der Waals surface area contributed by atoms with Crippen molar-refractivity contribution in [3.63, 3.8) is 0 Å². The first-order chi connectivity index (χ1) is 24.6. The zero-order valence-corrected chi connectivity index (χ0v) is 28.3. The van der Waals surface area contributed by atoms with Gasteiger partial charge in [-0.2, -0.15) is 0 Å². The highest BCUT2D eigenvalue weighted by molar-refractivity contribution is 6.11. The van der Waals surface area contributed by atoms with Gasteiger partial charge in [0, 0.05) is 22.4 Å². The first-order valence-electron chi connectivity index (χ1n) is 17.4. The Balaban J connectivity index is 1.35. The number of fused-ring (bicyclic) bond motifs is 2. The smallest absolute Gasteiger partial charge is 0.0546 e. The van der Waals surface area contributed by atoms with Crippen LogP contribution in [-0.4, -0.2) is 0 Å². The molecule has 0 bridgehead atoms. The van der Waals surface area contributed by atoms with Gasteiger partial charge in [-0.3, -0.25) is 0 Å². The average Bonchev–Trinajstić information content (AvgIpc) is 3.18. The molecule has 0 atom stereocenters. The molecule has 8 aromatic rings. The van der Waals surface area contributed by atoms with Crippen LogP contribution in [0.5, 0.6) is 0 Å². The van der Waals surface area contributed by atoms with Crippen LogP contribution in [0.4, 0.5) is 17.1 Å². The van der Waals surface area contributed by atoms with Gasteiger partial charge in [0.25, 0.3) is 0 Å². The van der Waals surface area contributed by atoms with Crippen molar-refractivity contribution < 1.29 is 0 Å². The lowest BCUT2D eigenvalue weighted by Gasteiger charge is -2.39. The summed E-state index contributed by atoms with van der Waals surface area (Å²) in [5.74, 6) is 0. The lowest BCUT2D eigenvalue weighted by atomic mass is 9.66. The predicted molar refractivity (Wildman–Crippen MR) is 213 cm³/mol. The van der Waals surface area contributed by atoms with Gasteiger partial charge in [-0.15, -0.1) is 0 Å². The first kappa shape index (κ1) is 29.9. The molecule has 0 fully saturated rings. The van der Waals surface area contributed by atoms with Gasteiger partial charge in [0.05, 0.1) is 5.69 Å². The summed E-state index contributed by atoms with van der Waals surface area (Å²) in [6, 6.07) is 68.6. The van der Waals surface area contributed by atoms with Crippen LogP contribution in [0.2, 0.25) is 0 Å². The Morgan fingerprint density at radius 2 is 0.900 bits per heavy atom. The third-order valence-electron chi connectivity index (χ3n) is 10.4. The van der Waals surface area contributed by atoms with Crippen molar-refractivity contribution in [2.24, 2.45) is 0 Å². The van der Waals surface area contributed by atoms with Gasteiger partial charge in [-0.25, -0.2) is 0 Å². The van der Waals surface area contributed by atoms with Crippen LogP contribution in [0.15, 0.2) is 188 Å². The molecule has 0 saturated carbocycles. The second kappa shape index (κ2) is 12.1. The second-order valence-corrected chi connectivity index (χ2v) is 13.8. The van der Waals surface area contributed by atoms with Crippen molar-refractivity contribution in [3.8, 4) is 44.5 Å². The van der Waals surface area contributed by atoms with Crippen LogP contribution < -0.4 is 4.90 Å². The van der Waals surface area contributed by atoms with Gasteiger partial charge in [-0.05, 0) is 109 Å². The number of anilines is 3. The minimum Gasteiger partial charge on any atom is -0.310 e. The summed E-state index contributed by atoms with van der Waals surface area (Å²) >= 11 is 0. The molecule has 8 aromatic carbocycles. The van der Waals surface area contributed by atoms with Crippen molar-refractivity contribution in [1.82, 2.24) is 0 Å². The van der Waals surface area contributed by atoms with Gasteiger partial charge < -0.3 is 4.90 Å². The molecule has 1 heteroatoms. The Morgan fingerprint density at radius 1 is 0.400 bits per heavy atom. The molecule has 0 N–H and O–H groups in total. The van der Waals surface area contributed by atoms with Crippen LogP contribution in [0.3, 0.4) is 0 Å². The van der Waals surface area contributed by atoms with Crippen LogP contribution >= 0.6 is 0 Å². The minimum absolute atomic E-state index is 0.253. The van der Waals surface area contributed by atoms with E-state index >= 15 is 0 Å². The molecule has 50 heavy (non-hydrogen) atoms. The molecular weight excluding hydrogens is 603 g/mol. The lowest BCUT2D eigenvalue weighted by molar-refractivity contribution is 0.647. The molecule has 9 rings (SSSR count). The number of hydrogen-bond acceptors (Lipinski definition) is 1. The van der Waals surface area contributed by atoms with E-state index in [0.29, 0.717) is 0 Å². The molecule has 0 saturated heterocycles. The SMILES string of the molecule is CC1(C)c2c(-c3cc(-c4ccccc4)cc(-c4ccccc4)c3)cccc2-c2c(N(c3ccccc3)c3ccccc3)ccc3cccc1c23. The summed E-state index contributed by atoms with van der Waals surface area (Å²) in [5, 5.41) is 2.60. The predicted octanol–water partition coefficient (Wildman–Crippen LogP) is 13.6. The molecule has 0 heterocycles. The van der Waals surface area contributed by atoms with Crippen LogP contribution in [-0.2, 0) is 5.41 Å². The van der Waals surface area contributed by atoms with E-state index in [1.165, 1.54) is 72.1 Å². The monoisotopic (exact) mass is 639 g/mol. The van der Waals surface area contributed by atoms with E-state index in [9.17, 15) is 0 Å². The van der Waals surface area contributed by atoms with E-state index in [2.05, 4.69) is 207 Å². The summed E-state index contributed by atoms with van der Waals surface area (Å²) in [4.78, 5) is 2.42. The highest BCUT2D eigenvalue weighted by atomic mass is 15.1. The van der Waals surface area contributed by atoms with Crippen LogP contribution in [0, 0.1) is 0 Å². The molecule has 1 aliphatic carbocycles. The molecule has 0 radical (unpaired) electrons. The summed E-state index contributed by atoms with van der Waals surface area (Å²) < 4.78 is 0. The molecule has 1 nitrogen and oxygen atoms in total. The Kier molecular flexibility index (Phi) is 7.21. The largest absolute Gasteiger partial charge is 0.310 e. The Bertz CT molecular complexity index is 2380. The quantitative estimate of drug-likeness (QED) is 0.175. The number of nitrogens with zero attached hydrogens (tertiary/aromatic N) is 1. The van der Waals surface area contributed by atoms with E-state index in [0.717, 1.165) is 11.4 Å². The van der Waals surface area contributed by atoms with Crippen LogP contribution in [0.25, 0.3) is 55.3 Å². The van der Waals surface area contributed by atoms with E-state index < -0.39 is 0 Å². The maximum Gasteiger partial charge on any atom is 0.0546 e. The van der Waals surface area contributed by atoms with Crippen molar-refractivity contribution in [3.05, 3.63) is 199 Å². The van der Waals surface area contributed by atoms with Crippen molar-refractivity contribution >= 4 is 27.8 Å². The number of rotatable bonds is 6. The molecule has 0 unspecified atom stereocenters. The topological polar surface area (TPSA) is 3.24 Å².